The molecule has 0 atom stereocenters. The largest absolute Gasteiger partial charge is 0.497 e. The molecule has 10 heteroatoms. The highest BCUT2D eigenvalue weighted by Crippen LogP contribution is 2.32. The molecule has 1 aromatic heterocycles. The van der Waals surface area contributed by atoms with E-state index < -0.39 is 15.9 Å². The lowest BCUT2D eigenvalue weighted by molar-refractivity contribution is -0.116. The Morgan fingerprint density at radius 3 is 2.12 bits per heavy atom. The summed E-state index contributed by atoms with van der Waals surface area (Å²) in [6, 6.07) is 21.5. The minimum atomic E-state index is -3.90. The average Bonchev–Trinajstić information content (AvgIpc) is 3.70. The highest BCUT2D eigenvalue weighted by molar-refractivity contribution is 7.89. The highest BCUT2D eigenvalue weighted by Gasteiger charge is 2.33. The number of carbonyl (C=O) groups is 1. The molecule has 9 nitrogen and oxygen atoms in total. The summed E-state index contributed by atoms with van der Waals surface area (Å²) in [4.78, 5) is 18.2. The van der Waals surface area contributed by atoms with Crippen LogP contribution < -0.4 is 14.8 Å². The third-order valence-electron chi connectivity index (χ3n) is 6.83. The molecule has 1 aliphatic rings. The fraction of sp³-hybridized carbons (Fsp3) is 0.267. The number of nitrogens with zero attached hydrogens (tertiary/aromatic N) is 3. The Morgan fingerprint density at radius 1 is 0.950 bits per heavy atom. The lowest BCUT2D eigenvalue weighted by Crippen LogP contribution is -2.39. The number of carbonyl (C=O) groups excluding carboxylic acids is 1. The summed E-state index contributed by atoms with van der Waals surface area (Å²) in [5.74, 6) is 1.35. The van der Waals surface area contributed by atoms with Crippen molar-refractivity contribution >= 4 is 21.9 Å². The van der Waals surface area contributed by atoms with Gasteiger partial charge in [0.1, 0.15) is 11.5 Å². The summed E-state index contributed by atoms with van der Waals surface area (Å²) in [6.07, 6.45) is 3.73. The first-order valence-electron chi connectivity index (χ1n) is 13.0. The van der Waals surface area contributed by atoms with Crippen LogP contribution in [0.5, 0.6) is 11.5 Å². The quantitative estimate of drug-likeness (QED) is 0.280. The van der Waals surface area contributed by atoms with Gasteiger partial charge in [0.25, 0.3) is 0 Å². The van der Waals surface area contributed by atoms with Crippen molar-refractivity contribution in [2.45, 2.75) is 24.7 Å². The topological polar surface area (TPSA) is 103 Å². The summed E-state index contributed by atoms with van der Waals surface area (Å²) in [6.45, 7) is 1.95. The number of amides is 1. The number of methoxy groups -OCH3 is 2. The standard InChI is InChI=1S/C30H32N4O5S/c1-21-4-10-24(11-5-21)34-19-28(23-8-12-25(38-2)13-9-23)31-30(34)32-29(35)20-33(18-22-6-7-22)40(36,37)27-16-14-26(39-3)15-17-27/h4-5,8-17,19,22H,6-7,18,20H2,1-3H3,(H,31,32,35). The van der Waals surface area contributed by atoms with E-state index in [9.17, 15) is 13.2 Å². The monoisotopic (exact) mass is 560 g/mol. The van der Waals surface area contributed by atoms with E-state index in [0.29, 0.717) is 17.4 Å². The molecule has 1 heterocycles. The van der Waals surface area contributed by atoms with E-state index in [1.807, 2.05) is 61.7 Å². The molecule has 1 amide bonds. The van der Waals surface area contributed by atoms with Gasteiger partial charge in [-0.1, -0.05) is 17.7 Å². The van der Waals surface area contributed by atoms with Crippen LogP contribution in [-0.4, -0.2) is 55.5 Å². The Balaban J connectivity index is 1.42. The molecule has 5 rings (SSSR count). The third kappa shape index (κ3) is 6.19. The van der Waals surface area contributed by atoms with E-state index in [0.717, 1.165) is 35.4 Å². The third-order valence-corrected chi connectivity index (χ3v) is 8.66. The molecular formula is C30H32N4O5S. The minimum absolute atomic E-state index is 0.115. The number of anilines is 1. The van der Waals surface area contributed by atoms with Crippen LogP contribution in [0.25, 0.3) is 16.9 Å². The zero-order valence-electron chi connectivity index (χ0n) is 22.7. The number of rotatable bonds is 11. The summed E-state index contributed by atoms with van der Waals surface area (Å²) in [5, 5.41) is 2.86. The second kappa shape index (κ2) is 11.5. The molecule has 0 radical (unpaired) electrons. The highest BCUT2D eigenvalue weighted by atomic mass is 32.2. The number of hydrogen-bond donors (Lipinski definition) is 1. The van der Waals surface area contributed by atoms with Gasteiger partial charge >= 0.3 is 0 Å². The molecule has 1 aliphatic carbocycles. The smallest absolute Gasteiger partial charge is 0.243 e. The summed E-state index contributed by atoms with van der Waals surface area (Å²) < 4.78 is 40.5. The molecule has 40 heavy (non-hydrogen) atoms. The van der Waals surface area contributed by atoms with Gasteiger partial charge in [0.05, 0.1) is 31.4 Å². The van der Waals surface area contributed by atoms with E-state index >= 15 is 0 Å². The summed E-state index contributed by atoms with van der Waals surface area (Å²) >= 11 is 0. The molecule has 0 spiro atoms. The molecular weight excluding hydrogens is 528 g/mol. The zero-order chi connectivity index (χ0) is 28.3. The number of imidazole rings is 1. The van der Waals surface area contributed by atoms with Crippen LogP contribution in [0, 0.1) is 12.8 Å². The van der Waals surface area contributed by atoms with E-state index in [-0.39, 0.29) is 23.9 Å². The number of aromatic nitrogens is 2. The van der Waals surface area contributed by atoms with Gasteiger partial charge < -0.3 is 9.47 Å². The fourth-order valence-electron chi connectivity index (χ4n) is 4.33. The number of benzene rings is 3. The Labute approximate surface area is 234 Å². The van der Waals surface area contributed by atoms with Crippen LogP contribution in [0.15, 0.2) is 83.9 Å². The first kappa shape index (κ1) is 27.4. The van der Waals surface area contributed by atoms with Crippen LogP contribution >= 0.6 is 0 Å². The van der Waals surface area contributed by atoms with Crippen molar-refractivity contribution in [2.75, 3.05) is 32.6 Å². The van der Waals surface area contributed by atoms with Crippen molar-refractivity contribution in [1.82, 2.24) is 13.9 Å². The predicted octanol–water partition coefficient (Wildman–Crippen LogP) is 4.90. The van der Waals surface area contributed by atoms with Crippen LogP contribution in [0.4, 0.5) is 5.95 Å². The average molecular weight is 561 g/mol. The van der Waals surface area contributed by atoms with Crippen molar-refractivity contribution in [3.8, 4) is 28.4 Å². The maximum absolute atomic E-state index is 13.5. The molecule has 0 bridgehead atoms. The van der Waals surface area contributed by atoms with Crippen LogP contribution in [0.3, 0.4) is 0 Å². The van der Waals surface area contributed by atoms with Gasteiger partial charge in [-0.2, -0.15) is 4.31 Å². The molecule has 208 valence electrons. The number of nitrogens with one attached hydrogen (secondary N) is 1. The summed E-state index contributed by atoms with van der Waals surface area (Å²) in [7, 11) is -0.773. The van der Waals surface area contributed by atoms with E-state index in [1.54, 1.807) is 23.8 Å². The summed E-state index contributed by atoms with van der Waals surface area (Å²) in [5.41, 5.74) is 3.41. The maximum Gasteiger partial charge on any atom is 0.243 e. The first-order valence-corrected chi connectivity index (χ1v) is 14.5. The van der Waals surface area contributed by atoms with Gasteiger partial charge in [0.2, 0.25) is 21.9 Å². The number of ether oxygens (including phenoxy) is 2. The maximum atomic E-state index is 13.5. The molecule has 1 fully saturated rings. The predicted molar refractivity (Wildman–Crippen MR) is 153 cm³/mol. The zero-order valence-corrected chi connectivity index (χ0v) is 23.5. The second-order valence-corrected chi connectivity index (χ2v) is 11.8. The van der Waals surface area contributed by atoms with Crippen LogP contribution in [0.2, 0.25) is 0 Å². The molecule has 1 saturated carbocycles. The number of aryl methyl sites for hydroxylation is 1. The minimum Gasteiger partial charge on any atom is -0.497 e. The number of sulfonamides is 1. The van der Waals surface area contributed by atoms with Crippen molar-refractivity contribution in [3.63, 3.8) is 0 Å². The Morgan fingerprint density at radius 2 is 1.55 bits per heavy atom. The van der Waals surface area contributed by atoms with Crippen LogP contribution in [-0.2, 0) is 14.8 Å². The van der Waals surface area contributed by atoms with Gasteiger partial charge in [-0.15, -0.1) is 0 Å². The Hall–Kier alpha value is -4.15. The van der Waals surface area contributed by atoms with E-state index in [2.05, 4.69) is 5.32 Å². The van der Waals surface area contributed by atoms with Gasteiger partial charge in [-0.25, -0.2) is 13.4 Å². The van der Waals surface area contributed by atoms with E-state index in [1.165, 1.54) is 23.5 Å². The second-order valence-electron chi connectivity index (χ2n) is 9.85. The lowest BCUT2D eigenvalue weighted by atomic mass is 10.1. The van der Waals surface area contributed by atoms with Crippen molar-refractivity contribution in [2.24, 2.45) is 5.92 Å². The van der Waals surface area contributed by atoms with Crippen molar-refractivity contribution in [3.05, 3.63) is 84.6 Å². The van der Waals surface area contributed by atoms with Crippen molar-refractivity contribution < 1.29 is 22.7 Å². The van der Waals surface area contributed by atoms with Gasteiger partial charge in [-0.3, -0.25) is 14.7 Å². The SMILES string of the molecule is COc1ccc(-c2cn(-c3ccc(C)cc3)c(NC(=O)CN(CC3CC3)S(=O)(=O)c3ccc(OC)cc3)n2)cc1. The number of hydrogen-bond acceptors (Lipinski definition) is 6. The van der Waals surface area contributed by atoms with Crippen LogP contribution in [0.1, 0.15) is 18.4 Å². The molecule has 4 aromatic rings. The normalized spacial score (nSPS) is 13.3. The van der Waals surface area contributed by atoms with Gasteiger partial charge in [0, 0.05) is 24.0 Å². The molecule has 0 unspecified atom stereocenters. The molecule has 0 aliphatic heterocycles. The lowest BCUT2D eigenvalue weighted by Gasteiger charge is -2.22. The Bertz CT molecular complexity index is 1580. The first-order chi connectivity index (χ1) is 19.3. The fourth-order valence-corrected chi connectivity index (χ4v) is 5.80. The molecule has 1 N–H and O–H groups in total. The molecule has 0 saturated heterocycles. The van der Waals surface area contributed by atoms with Gasteiger partial charge in [0.15, 0.2) is 0 Å². The molecule has 3 aromatic carbocycles. The Kier molecular flexibility index (Phi) is 7.90. The van der Waals surface area contributed by atoms with E-state index in [4.69, 9.17) is 14.5 Å². The van der Waals surface area contributed by atoms with Gasteiger partial charge in [-0.05, 0) is 86.3 Å². The van der Waals surface area contributed by atoms with Crippen molar-refractivity contribution in [1.29, 1.82) is 0 Å².